The molecule has 3 heteroatoms. The summed E-state index contributed by atoms with van der Waals surface area (Å²) in [6.45, 7) is 3.63. The highest BCUT2D eigenvalue weighted by Crippen LogP contribution is 2.32. The Morgan fingerprint density at radius 1 is 1.17 bits per heavy atom. The topological polar surface area (TPSA) is 30.5 Å². The van der Waals surface area contributed by atoms with E-state index in [9.17, 15) is 0 Å². The summed E-state index contributed by atoms with van der Waals surface area (Å²) in [5, 5.41) is 3.68. The fourth-order valence-electron chi connectivity index (χ4n) is 2.92. The maximum absolute atomic E-state index is 5.40. The molecule has 0 aromatic heterocycles. The van der Waals surface area contributed by atoms with Gasteiger partial charge in [-0.05, 0) is 36.5 Å². The van der Waals surface area contributed by atoms with E-state index in [1.807, 2.05) is 6.07 Å². The van der Waals surface area contributed by atoms with Crippen molar-refractivity contribution in [3.8, 4) is 11.5 Å². The summed E-state index contributed by atoms with van der Waals surface area (Å²) in [4.78, 5) is 0. The van der Waals surface area contributed by atoms with Crippen molar-refractivity contribution in [2.24, 2.45) is 5.92 Å². The normalized spacial score (nSPS) is 26.3. The molecule has 18 heavy (non-hydrogen) atoms. The Kier molecular flexibility index (Phi) is 3.41. The highest BCUT2D eigenvalue weighted by Gasteiger charge is 2.20. The molecule has 1 aromatic carbocycles. The van der Waals surface area contributed by atoms with Crippen LogP contribution in [-0.2, 0) is 6.54 Å². The fraction of sp³-hybridized carbons (Fsp3) is 0.600. The summed E-state index contributed by atoms with van der Waals surface area (Å²) >= 11 is 0. The predicted molar refractivity (Wildman–Crippen MR) is 70.8 cm³/mol. The molecule has 0 radical (unpaired) electrons. The van der Waals surface area contributed by atoms with Gasteiger partial charge in [0.15, 0.2) is 11.5 Å². The van der Waals surface area contributed by atoms with Gasteiger partial charge in [-0.3, -0.25) is 0 Å². The lowest BCUT2D eigenvalue weighted by molar-refractivity contribution is 0.174. The summed E-state index contributed by atoms with van der Waals surface area (Å²) in [5.74, 6) is 2.54. The van der Waals surface area contributed by atoms with Gasteiger partial charge in [-0.2, -0.15) is 0 Å². The first-order valence-electron chi connectivity index (χ1n) is 6.95. The molecule has 0 saturated heterocycles. The first kappa shape index (κ1) is 11.8. The van der Waals surface area contributed by atoms with Gasteiger partial charge in [0.25, 0.3) is 0 Å². The Morgan fingerprint density at radius 3 is 2.89 bits per heavy atom. The lowest BCUT2D eigenvalue weighted by Gasteiger charge is -2.29. The van der Waals surface area contributed by atoms with Crippen LogP contribution >= 0.6 is 0 Å². The number of hydrogen-bond donors (Lipinski definition) is 1. The number of nitrogens with one attached hydrogen (secondary N) is 1. The zero-order valence-corrected chi connectivity index (χ0v) is 10.9. The smallest absolute Gasteiger partial charge is 0.231 e. The van der Waals surface area contributed by atoms with Gasteiger partial charge in [-0.1, -0.05) is 25.8 Å². The second-order valence-corrected chi connectivity index (χ2v) is 5.44. The highest BCUT2D eigenvalue weighted by molar-refractivity contribution is 5.44. The minimum Gasteiger partial charge on any atom is -0.454 e. The molecule has 1 aliphatic heterocycles. The van der Waals surface area contributed by atoms with Crippen LogP contribution in [0.5, 0.6) is 11.5 Å². The van der Waals surface area contributed by atoms with Gasteiger partial charge in [0.05, 0.1) is 0 Å². The van der Waals surface area contributed by atoms with Crippen LogP contribution < -0.4 is 14.8 Å². The maximum Gasteiger partial charge on any atom is 0.231 e. The standard InChI is InChI=1S/C15H21NO2/c1-11-4-2-3-5-13(11)16-9-12-6-7-14-15(8-12)18-10-17-14/h6-8,11,13,16H,2-5,9-10H2,1H3/t11-,13+/m1/s1. The molecule has 0 unspecified atom stereocenters. The van der Waals surface area contributed by atoms with E-state index in [4.69, 9.17) is 9.47 Å². The summed E-state index contributed by atoms with van der Waals surface area (Å²) in [6.07, 6.45) is 5.43. The van der Waals surface area contributed by atoms with E-state index in [0.717, 1.165) is 24.0 Å². The van der Waals surface area contributed by atoms with Crippen molar-refractivity contribution in [1.29, 1.82) is 0 Å². The predicted octanol–water partition coefficient (Wildman–Crippen LogP) is 3.08. The van der Waals surface area contributed by atoms with Crippen molar-refractivity contribution in [2.45, 2.75) is 45.2 Å². The van der Waals surface area contributed by atoms with Crippen molar-refractivity contribution in [2.75, 3.05) is 6.79 Å². The van der Waals surface area contributed by atoms with Gasteiger partial charge >= 0.3 is 0 Å². The molecule has 1 N–H and O–H groups in total. The first-order valence-corrected chi connectivity index (χ1v) is 6.95. The molecule has 1 saturated carbocycles. The maximum atomic E-state index is 5.40. The van der Waals surface area contributed by atoms with Crippen LogP contribution in [0.25, 0.3) is 0 Å². The Bertz CT molecular complexity index is 419. The summed E-state index contributed by atoms with van der Waals surface area (Å²) in [5.41, 5.74) is 1.28. The van der Waals surface area contributed by atoms with Gasteiger partial charge in [0.2, 0.25) is 6.79 Å². The summed E-state index contributed by atoms with van der Waals surface area (Å²) < 4.78 is 10.7. The lowest BCUT2D eigenvalue weighted by atomic mass is 9.86. The number of fused-ring (bicyclic) bond motifs is 1. The highest BCUT2D eigenvalue weighted by atomic mass is 16.7. The molecule has 0 amide bonds. The summed E-state index contributed by atoms with van der Waals surface area (Å²) in [7, 11) is 0. The van der Waals surface area contributed by atoms with Crippen molar-refractivity contribution < 1.29 is 9.47 Å². The van der Waals surface area contributed by atoms with Crippen molar-refractivity contribution in [3.63, 3.8) is 0 Å². The van der Waals surface area contributed by atoms with Gasteiger partial charge in [0.1, 0.15) is 0 Å². The molecule has 2 atom stereocenters. The largest absolute Gasteiger partial charge is 0.454 e. The third-order valence-corrected chi connectivity index (χ3v) is 4.12. The summed E-state index contributed by atoms with van der Waals surface area (Å²) in [6, 6.07) is 6.88. The van der Waals surface area contributed by atoms with E-state index in [-0.39, 0.29) is 0 Å². The van der Waals surface area contributed by atoms with E-state index < -0.39 is 0 Å². The monoisotopic (exact) mass is 247 g/mol. The second-order valence-electron chi connectivity index (χ2n) is 5.44. The van der Waals surface area contributed by atoms with Gasteiger partial charge in [-0.25, -0.2) is 0 Å². The van der Waals surface area contributed by atoms with Crippen LogP contribution in [0, 0.1) is 5.92 Å². The zero-order chi connectivity index (χ0) is 12.4. The molecule has 1 fully saturated rings. The lowest BCUT2D eigenvalue weighted by Crippen LogP contribution is -2.36. The van der Waals surface area contributed by atoms with Gasteiger partial charge < -0.3 is 14.8 Å². The first-order chi connectivity index (χ1) is 8.83. The van der Waals surface area contributed by atoms with Crippen LogP contribution in [0.2, 0.25) is 0 Å². The number of ether oxygens (including phenoxy) is 2. The van der Waals surface area contributed by atoms with E-state index >= 15 is 0 Å². The van der Waals surface area contributed by atoms with E-state index in [0.29, 0.717) is 12.8 Å². The number of hydrogen-bond acceptors (Lipinski definition) is 3. The van der Waals surface area contributed by atoms with Crippen LogP contribution in [0.4, 0.5) is 0 Å². The van der Waals surface area contributed by atoms with Gasteiger partial charge in [0, 0.05) is 12.6 Å². The number of rotatable bonds is 3. The Hall–Kier alpha value is -1.22. The molecule has 3 rings (SSSR count). The molecule has 0 bridgehead atoms. The molecule has 0 spiro atoms. The van der Waals surface area contributed by atoms with Crippen molar-refractivity contribution in [3.05, 3.63) is 23.8 Å². The molecule has 98 valence electrons. The number of benzene rings is 1. The van der Waals surface area contributed by atoms with Crippen LogP contribution in [0.3, 0.4) is 0 Å². The van der Waals surface area contributed by atoms with Crippen LogP contribution in [0.1, 0.15) is 38.2 Å². The Balaban J connectivity index is 1.59. The molecule has 3 nitrogen and oxygen atoms in total. The third-order valence-electron chi connectivity index (χ3n) is 4.12. The van der Waals surface area contributed by atoms with Crippen LogP contribution in [-0.4, -0.2) is 12.8 Å². The zero-order valence-electron chi connectivity index (χ0n) is 10.9. The fourth-order valence-corrected chi connectivity index (χ4v) is 2.92. The molecular weight excluding hydrogens is 226 g/mol. The van der Waals surface area contributed by atoms with Crippen molar-refractivity contribution in [1.82, 2.24) is 5.32 Å². The Morgan fingerprint density at radius 2 is 2.00 bits per heavy atom. The van der Waals surface area contributed by atoms with Crippen molar-refractivity contribution >= 4 is 0 Å². The molecule has 1 aliphatic carbocycles. The Labute approximate surface area is 108 Å². The SMILES string of the molecule is C[C@@H]1CCCC[C@@H]1NCc1ccc2c(c1)OCO2. The van der Waals surface area contributed by atoms with E-state index in [1.54, 1.807) is 0 Å². The third kappa shape index (κ3) is 2.46. The molecular formula is C15H21NO2. The minimum atomic E-state index is 0.353. The quantitative estimate of drug-likeness (QED) is 0.890. The average Bonchev–Trinajstić information content (AvgIpc) is 2.85. The second kappa shape index (κ2) is 5.19. The molecule has 2 aliphatic rings. The van der Waals surface area contributed by atoms with E-state index in [1.165, 1.54) is 31.2 Å². The molecule has 1 heterocycles. The minimum absolute atomic E-state index is 0.353. The van der Waals surface area contributed by atoms with Gasteiger partial charge in [-0.15, -0.1) is 0 Å². The molecule has 1 aromatic rings. The van der Waals surface area contributed by atoms with Crippen LogP contribution in [0.15, 0.2) is 18.2 Å². The van der Waals surface area contributed by atoms with E-state index in [2.05, 4.69) is 24.4 Å². The average molecular weight is 247 g/mol.